The van der Waals surface area contributed by atoms with E-state index in [1.54, 1.807) is 22.7 Å². The molecule has 0 saturated heterocycles. The van der Waals surface area contributed by atoms with Gasteiger partial charge in [0.05, 0.1) is 15.6 Å². The van der Waals surface area contributed by atoms with Crippen LogP contribution in [0, 0.1) is 0 Å². The van der Waals surface area contributed by atoms with Gasteiger partial charge in [0.2, 0.25) is 0 Å². The van der Waals surface area contributed by atoms with Gasteiger partial charge in [0.25, 0.3) is 0 Å². The van der Waals surface area contributed by atoms with Gasteiger partial charge in [-0.3, -0.25) is 0 Å². The predicted molar refractivity (Wildman–Crippen MR) is 87.5 cm³/mol. The molecule has 102 valence electrons. The van der Waals surface area contributed by atoms with Crippen LogP contribution in [-0.2, 0) is 6.42 Å². The number of nitrogens with zero attached hydrogens (tertiary/aromatic N) is 1. The van der Waals surface area contributed by atoms with Crippen molar-refractivity contribution in [2.45, 2.75) is 12.5 Å². The second kappa shape index (κ2) is 6.06. The standard InChI is InChI=1S/C15H13ClN2S2/c16-11-6-14(19-8-11)15-18-12(9-20-15)7-13(17)10-4-2-1-3-5-10/h1-6,8-9,13H,7,17H2. The van der Waals surface area contributed by atoms with Crippen molar-refractivity contribution in [3.63, 3.8) is 0 Å². The van der Waals surface area contributed by atoms with Gasteiger partial charge < -0.3 is 5.73 Å². The van der Waals surface area contributed by atoms with E-state index in [0.717, 1.165) is 32.6 Å². The highest BCUT2D eigenvalue weighted by Crippen LogP contribution is 2.32. The molecule has 3 rings (SSSR count). The molecular formula is C15H13ClN2S2. The van der Waals surface area contributed by atoms with Crippen molar-refractivity contribution >= 4 is 34.3 Å². The molecule has 0 aliphatic heterocycles. The van der Waals surface area contributed by atoms with E-state index in [4.69, 9.17) is 17.3 Å². The third-order valence-electron chi connectivity index (χ3n) is 2.99. The van der Waals surface area contributed by atoms with E-state index in [1.165, 1.54) is 0 Å². The fourth-order valence-corrected chi connectivity index (χ4v) is 3.97. The van der Waals surface area contributed by atoms with Crippen LogP contribution in [0.25, 0.3) is 9.88 Å². The van der Waals surface area contributed by atoms with Crippen molar-refractivity contribution in [3.8, 4) is 9.88 Å². The molecule has 2 nitrogen and oxygen atoms in total. The minimum absolute atomic E-state index is 0.0157. The van der Waals surface area contributed by atoms with E-state index in [-0.39, 0.29) is 6.04 Å². The van der Waals surface area contributed by atoms with Gasteiger partial charge in [-0.2, -0.15) is 0 Å². The molecule has 0 saturated carbocycles. The van der Waals surface area contributed by atoms with Crippen LogP contribution in [0.4, 0.5) is 0 Å². The van der Waals surface area contributed by atoms with E-state index in [2.05, 4.69) is 22.5 Å². The van der Waals surface area contributed by atoms with Crippen LogP contribution < -0.4 is 5.73 Å². The molecule has 2 heterocycles. The van der Waals surface area contributed by atoms with Crippen LogP contribution in [-0.4, -0.2) is 4.98 Å². The molecule has 0 fully saturated rings. The van der Waals surface area contributed by atoms with Crippen molar-refractivity contribution in [1.29, 1.82) is 0 Å². The Hall–Kier alpha value is -1.20. The smallest absolute Gasteiger partial charge is 0.133 e. The number of benzene rings is 1. The van der Waals surface area contributed by atoms with Crippen LogP contribution in [0.15, 0.2) is 47.2 Å². The van der Waals surface area contributed by atoms with Crippen LogP contribution in [0.1, 0.15) is 17.3 Å². The Labute approximate surface area is 130 Å². The summed E-state index contributed by atoms with van der Waals surface area (Å²) in [6, 6.07) is 12.1. The Kier molecular flexibility index (Phi) is 4.17. The minimum Gasteiger partial charge on any atom is -0.324 e. The van der Waals surface area contributed by atoms with Gasteiger partial charge >= 0.3 is 0 Å². The normalized spacial score (nSPS) is 12.5. The molecule has 1 aromatic carbocycles. The molecule has 1 atom stereocenters. The van der Waals surface area contributed by atoms with E-state index in [1.807, 2.05) is 29.6 Å². The lowest BCUT2D eigenvalue weighted by Gasteiger charge is -2.09. The number of hydrogen-bond donors (Lipinski definition) is 1. The number of nitrogens with two attached hydrogens (primary N) is 1. The average Bonchev–Trinajstić information content (AvgIpc) is 3.09. The van der Waals surface area contributed by atoms with E-state index >= 15 is 0 Å². The molecule has 20 heavy (non-hydrogen) atoms. The number of thiophene rings is 1. The summed E-state index contributed by atoms with van der Waals surface area (Å²) in [5.41, 5.74) is 8.40. The van der Waals surface area contributed by atoms with Gasteiger partial charge in [-0.1, -0.05) is 41.9 Å². The van der Waals surface area contributed by atoms with Crippen molar-refractivity contribution in [3.05, 3.63) is 63.4 Å². The van der Waals surface area contributed by atoms with E-state index in [9.17, 15) is 0 Å². The molecule has 0 bridgehead atoms. The first-order chi connectivity index (χ1) is 9.72. The van der Waals surface area contributed by atoms with Gasteiger partial charge in [-0.15, -0.1) is 22.7 Å². The number of thiazole rings is 1. The topological polar surface area (TPSA) is 38.9 Å². The van der Waals surface area contributed by atoms with Crippen LogP contribution in [0.5, 0.6) is 0 Å². The molecule has 0 amide bonds. The Morgan fingerprint density at radius 2 is 1.95 bits per heavy atom. The minimum atomic E-state index is -0.0157. The van der Waals surface area contributed by atoms with Gasteiger partial charge in [0.15, 0.2) is 0 Å². The molecule has 2 N–H and O–H groups in total. The summed E-state index contributed by atoms with van der Waals surface area (Å²) in [4.78, 5) is 5.76. The van der Waals surface area contributed by atoms with Gasteiger partial charge in [-0.05, 0) is 11.6 Å². The number of aromatic nitrogens is 1. The largest absolute Gasteiger partial charge is 0.324 e. The highest BCUT2D eigenvalue weighted by atomic mass is 35.5. The van der Waals surface area contributed by atoms with Crippen LogP contribution >= 0.6 is 34.3 Å². The Balaban J connectivity index is 1.74. The van der Waals surface area contributed by atoms with E-state index < -0.39 is 0 Å². The maximum atomic E-state index is 6.23. The Morgan fingerprint density at radius 3 is 2.65 bits per heavy atom. The van der Waals surface area contributed by atoms with Gasteiger partial charge in [-0.25, -0.2) is 4.98 Å². The molecule has 0 radical (unpaired) electrons. The van der Waals surface area contributed by atoms with Crippen molar-refractivity contribution in [2.24, 2.45) is 5.73 Å². The molecule has 0 aliphatic rings. The highest BCUT2D eigenvalue weighted by Gasteiger charge is 2.11. The molecule has 1 unspecified atom stereocenters. The number of halogens is 1. The van der Waals surface area contributed by atoms with E-state index in [0.29, 0.717) is 0 Å². The third kappa shape index (κ3) is 3.10. The SMILES string of the molecule is NC(Cc1csc(-c2cc(Cl)cs2)n1)c1ccccc1. The average molecular weight is 321 g/mol. The molecule has 5 heteroatoms. The van der Waals surface area contributed by atoms with Crippen molar-refractivity contribution in [1.82, 2.24) is 4.98 Å². The fraction of sp³-hybridized carbons (Fsp3) is 0.133. The first-order valence-electron chi connectivity index (χ1n) is 6.22. The zero-order valence-electron chi connectivity index (χ0n) is 10.6. The summed E-state index contributed by atoms with van der Waals surface area (Å²) >= 11 is 9.20. The summed E-state index contributed by atoms with van der Waals surface area (Å²) in [7, 11) is 0. The molecule has 0 spiro atoms. The second-order valence-electron chi connectivity index (χ2n) is 4.49. The predicted octanol–water partition coefficient (Wildman–Crippen LogP) is 4.77. The fourth-order valence-electron chi connectivity index (χ4n) is 1.98. The lowest BCUT2D eigenvalue weighted by molar-refractivity contribution is 0.710. The molecule has 0 aliphatic carbocycles. The monoisotopic (exact) mass is 320 g/mol. The zero-order chi connectivity index (χ0) is 13.9. The molecule has 3 aromatic rings. The summed E-state index contributed by atoms with van der Waals surface area (Å²) in [6.45, 7) is 0. The van der Waals surface area contributed by atoms with Crippen molar-refractivity contribution < 1.29 is 0 Å². The highest BCUT2D eigenvalue weighted by molar-refractivity contribution is 7.20. The van der Waals surface area contributed by atoms with Gasteiger partial charge in [0, 0.05) is 23.2 Å². The Bertz CT molecular complexity index is 691. The maximum Gasteiger partial charge on any atom is 0.133 e. The van der Waals surface area contributed by atoms with Gasteiger partial charge in [0.1, 0.15) is 5.01 Å². The van der Waals surface area contributed by atoms with Crippen molar-refractivity contribution in [2.75, 3.05) is 0 Å². The van der Waals surface area contributed by atoms with Crippen LogP contribution in [0.2, 0.25) is 5.02 Å². The molecular weight excluding hydrogens is 308 g/mol. The number of rotatable bonds is 4. The Morgan fingerprint density at radius 1 is 1.15 bits per heavy atom. The summed E-state index contributed by atoms with van der Waals surface area (Å²) in [6.07, 6.45) is 0.750. The summed E-state index contributed by atoms with van der Waals surface area (Å²) in [5.74, 6) is 0. The second-order valence-corrected chi connectivity index (χ2v) is 6.70. The first-order valence-corrected chi connectivity index (χ1v) is 8.35. The molecule has 2 aromatic heterocycles. The number of hydrogen-bond acceptors (Lipinski definition) is 4. The lowest BCUT2D eigenvalue weighted by Crippen LogP contribution is -2.13. The summed E-state index contributed by atoms with van der Waals surface area (Å²) < 4.78 is 0. The quantitative estimate of drug-likeness (QED) is 0.752. The third-order valence-corrected chi connectivity index (χ3v) is 5.32. The summed E-state index contributed by atoms with van der Waals surface area (Å²) in [5, 5.41) is 5.78. The van der Waals surface area contributed by atoms with Crippen LogP contribution in [0.3, 0.4) is 0 Å². The zero-order valence-corrected chi connectivity index (χ0v) is 13.0. The first kappa shape index (κ1) is 13.8. The maximum absolute atomic E-state index is 6.23. The lowest BCUT2D eigenvalue weighted by atomic mass is 10.0.